The van der Waals surface area contributed by atoms with Gasteiger partial charge in [-0.25, -0.2) is 0 Å². The van der Waals surface area contributed by atoms with Gasteiger partial charge in [0.25, 0.3) is 0 Å². The summed E-state index contributed by atoms with van der Waals surface area (Å²) in [6.45, 7) is 2.99. The minimum absolute atomic E-state index is 0.0222. The van der Waals surface area contributed by atoms with Crippen molar-refractivity contribution in [3.8, 4) is 0 Å². The lowest BCUT2D eigenvalue weighted by molar-refractivity contribution is -0.253. The average Bonchev–Trinajstić information content (AvgIpc) is 3.17. The zero-order valence-corrected chi connectivity index (χ0v) is 30.1. The monoisotopic (exact) mass is 708 g/mol. The van der Waals surface area contributed by atoms with E-state index in [2.05, 4.69) is 15.5 Å². The number of likely N-dealkylation sites (N-methyl/N-ethyl adjacent to an activating group) is 1. The number of aliphatic hydroxyl groups is 2. The predicted octanol–water partition coefficient (Wildman–Crippen LogP) is 6.57. The number of nitrogens with one attached hydrogen (secondary N) is 2. The second-order valence-corrected chi connectivity index (χ2v) is 13.6. The molecule has 0 aliphatic carbocycles. The van der Waals surface area contributed by atoms with Gasteiger partial charge >= 0.3 is 0 Å². The lowest BCUT2D eigenvalue weighted by Crippen LogP contribution is -2.43. The lowest BCUT2D eigenvalue weighted by Gasteiger charge is -2.39. The fourth-order valence-corrected chi connectivity index (χ4v) is 6.34. The van der Waals surface area contributed by atoms with E-state index < -0.39 is 12.4 Å². The number of rotatable bonds is 17. The molecule has 2 amide bonds. The van der Waals surface area contributed by atoms with E-state index in [4.69, 9.17) is 15.2 Å². The van der Waals surface area contributed by atoms with E-state index in [1.807, 2.05) is 105 Å². The molecular formula is C42H52N4O6. The molecule has 1 fully saturated rings. The van der Waals surface area contributed by atoms with Crippen molar-refractivity contribution in [2.24, 2.45) is 0 Å². The minimum atomic E-state index is -0.643. The van der Waals surface area contributed by atoms with Crippen LogP contribution in [0.4, 0.5) is 11.4 Å². The van der Waals surface area contributed by atoms with Crippen LogP contribution in [0.5, 0.6) is 0 Å². The molecule has 5 atom stereocenters. The van der Waals surface area contributed by atoms with Crippen LogP contribution >= 0.6 is 0 Å². The zero-order valence-electron chi connectivity index (χ0n) is 30.1. The van der Waals surface area contributed by atoms with Gasteiger partial charge in [-0.15, -0.1) is 0 Å². The Balaban J connectivity index is 1.11. The van der Waals surface area contributed by atoms with Gasteiger partial charge in [-0.3, -0.25) is 14.5 Å². The quantitative estimate of drug-likeness (QED) is 0.0612. The van der Waals surface area contributed by atoms with Gasteiger partial charge in [0.15, 0.2) is 6.29 Å². The number of nitrogen functional groups attached to an aromatic ring is 1. The molecule has 1 saturated heterocycles. The Bertz CT molecular complexity index is 1700. The molecule has 1 heterocycles. The zero-order chi connectivity index (χ0) is 36.9. The van der Waals surface area contributed by atoms with Crippen molar-refractivity contribution < 1.29 is 29.3 Å². The molecule has 5 rings (SSSR count). The van der Waals surface area contributed by atoms with E-state index >= 15 is 0 Å². The number of ether oxygens (including phenoxy) is 2. The molecule has 0 spiro atoms. The maximum atomic E-state index is 12.5. The normalized spacial score (nSPS) is 18.4. The SMILES string of the molecule is C[C@H]([C@@H](O)c1ccccc1)N(C)C[C@H]1C[C@@H](c2ccc(CO)cc2)O[C@@H](c2ccc(CNC(=O)CCCCCC(=O)Nc3ccccc3N)cc2)O1. The van der Waals surface area contributed by atoms with E-state index in [-0.39, 0.29) is 36.7 Å². The number of nitrogens with two attached hydrogens (primary N) is 1. The number of nitrogens with zero attached hydrogens (tertiary/aromatic N) is 1. The summed E-state index contributed by atoms with van der Waals surface area (Å²) in [4.78, 5) is 26.9. The fourth-order valence-electron chi connectivity index (χ4n) is 6.34. The van der Waals surface area contributed by atoms with Crippen molar-refractivity contribution >= 4 is 23.2 Å². The predicted molar refractivity (Wildman–Crippen MR) is 203 cm³/mol. The van der Waals surface area contributed by atoms with Gasteiger partial charge in [-0.1, -0.05) is 97.4 Å². The molecular weight excluding hydrogens is 656 g/mol. The number of hydrogen-bond acceptors (Lipinski definition) is 8. The third-order valence-corrected chi connectivity index (χ3v) is 9.68. The molecule has 0 unspecified atom stereocenters. The fraction of sp³-hybridized carbons (Fsp3) is 0.381. The maximum Gasteiger partial charge on any atom is 0.224 e. The number of unbranched alkanes of at least 4 members (excludes halogenated alkanes) is 2. The van der Waals surface area contributed by atoms with Gasteiger partial charge in [0.05, 0.1) is 36.3 Å². The highest BCUT2D eigenvalue weighted by Gasteiger charge is 2.34. The number of hydrogen-bond donors (Lipinski definition) is 5. The van der Waals surface area contributed by atoms with Crippen LogP contribution in [0, 0.1) is 0 Å². The lowest BCUT2D eigenvalue weighted by atomic mass is 9.98. The molecule has 10 heteroatoms. The molecule has 0 aromatic heterocycles. The van der Waals surface area contributed by atoms with Gasteiger partial charge in [0.2, 0.25) is 11.8 Å². The van der Waals surface area contributed by atoms with Crippen LogP contribution in [0.25, 0.3) is 0 Å². The first kappa shape index (κ1) is 38.6. The summed E-state index contributed by atoms with van der Waals surface area (Å²) in [7, 11) is 2.00. The highest BCUT2D eigenvalue weighted by atomic mass is 16.7. The van der Waals surface area contributed by atoms with Crippen LogP contribution in [0.3, 0.4) is 0 Å². The van der Waals surface area contributed by atoms with Crippen molar-refractivity contribution in [2.45, 2.75) is 89.2 Å². The van der Waals surface area contributed by atoms with Gasteiger partial charge in [-0.05, 0) is 61.2 Å². The maximum absolute atomic E-state index is 12.5. The Kier molecular flexibility index (Phi) is 14.4. The number of carbonyl (C=O) groups excluding carboxylic acids is 2. The summed E-state index contributed by atoms with van der Waals surface area (Å²) in [5.41, 5.74) is 11.6. The Morgan fingerprint density at radius 3 is 2.15 bits per heavy atom. The third-order valence-electron chi connectivity index (χ3n) is 9.68. The molecule has 10 nitrogen and oxygen atoms in total. The third kappa shape index (κ3) is 11.2. The largest absolute Gasteiger partial charge is 0.397 e. The first-order valence-corrected chi connectivity index (χ1v) is 18.1. The highest BCUT2D eigenvalue weighted by Crippen LogP contribution is 2.38. The summed E-state index contributed by atoms with van der Waals surface area (Å²) in [5, 5.41) is 26.4. The van der Waals surface area contributed by atoms with Crippen molar-refractivity contribution in [1.82, 2.24) is 10.2 Å². The van der Waals surface area contributed by atoms with Gasteiger partial charge in [-0.2, -0.15) is 0 Å². The summed E-state index contributed by atoms with van der Waals surface area (Å²) < 4.78 is 13.1. The molecule has 52 heavy (non-hydrogen) atoms. The Morgan fingerprint density at radius 1 is 0.827 bits per heavy atom. The topological polar surface area (TPSA) is 146 Å². The summed E-state index contributed by atoms with van der Waals surface area (Å²) in [6.07, 6.45) is 1.92. The molecule has 276 valence electrons. The standard InChI is InChI=1S/C42H52N4O6/c1-29(41(50)33-11-5-3-6-12-33)46(2)27-35-25-38(32-21-19-31(28-47)20-22-32)52-42(51-35)34-23-17-30(18-24-34)26-44-39(48)15-7-4-8-16-40(49)45-37-14-10-9-13-36(37)43/h3,5-6,9-14,17-24,29,35,38,41-42,47,50H,4,7-8,15-16,25-28,43H2,1-2H3,(H,44,48)(H,45,49)/t29-,35-,38+,41-,42+/m1/s1. The number of anilines is 2. The number of benzene rings is 4. The Morgan fingerprint density at radius 2 is 1.46 bits per heavy atom. The molecule has 0 saturated carbocycles. The minimum Gasteiger partial charge on any atom is -0.397 e. The summed E-state index contributed by atoms with van der Waals surface area (Å²) in [5.74, 6) is -0.114. The van der Waals surface area contributed by atoms with Gasteiger partial charge in [0, 0.05) is 44.0 Å². The second-order valence-electron chi connectivity index (χ2n) is 13.6. The molecule has 4 aromatic carbocycles. The van der Waals surface area contributed by atoms with Crippen LogP contribution in [-0.2, 0) is 32.2 Å². The van der Waals surface area contributed by atoms with Gasteiger partial charge in [0.1, 0.15) is 0 Å². The smallest absolute Gasteiger partial charge is 0.224 e. The number of carbonyl (C=O) groups is 2. The van der Waals surface area contributed by atoms with E-state index in [1.54, 1.807) is 12.1 Å². The number of aliphatic hydroxyl groups excluding tert-OH is 2. The number of amides is 2. The van der Waals surface area contributed by atoms with Crippen molar-refractivity contribution in [3.05, 3.63) is 131 Å². The van der Waals surface area contributed by atoms with Crippen LogP contribution in [0.15, 0.2) is 103 Å². The second kappa shape index (κ2) is 19.3. The molecule has 4 aromatic rings. The summed E-state index contributed by atoms with van der Waals surface area (Å²) in [6, 6.07) is 32.4. The van der Waals surface area contributed by atoms with Gasteiger partial charge < -0.3 is 36.1 Å². The van der Waals surface area contributed by atoms with Crippen molar-refractivity contribution in [1.29, 1.82) is 0 Å². The number of para-hydroxylation sites is 2. The highest BCUT2D eigenvalue weighted by molar-refractivity contribution is 5.93. The van der Waals surface area contributed by atoms with E-state index in [9.17, 15) is 19.8 Å². The van der Waals surface area contributed by atoms with Crippen LogP contribution in [0.2, 0.25) is 0 Å². The molecule has 6 N–H and O–H groups in total. The Hall–Kier alpha value is -4.58. The van der Waals surface area contributed by atoms with E-state index in [0.29, 0.717) is 56.6 Å². The van der Waals surface area contributed by atoms with E-state index in [0.717, 1.165) is 34.2 Å². The average molecular weight is 709 g/mol. The molecule has 1 aliphatic heterocycles. The Labute approximate surface area is 307 Å². The molecule has 1 aliphatic rings. The van der Waals surface area contributed by atoms with Crippen LogP contribution in [-0.4, -0.2) is 52.7 Å². The first-order chi connectivity index (χ1) is 25.2. The van der Waals surface area contributed by atoms with Crippen molar-refractivity contribution in [3.63, 3.8) is 0 Å². The first-order valence-electron chi connectivity index (χ1n) is 18.1. The molecule has 0 radical (unpaired) electrons. The van der Waals surface area contributed by atoms with Crippen molar-refractivity contribution in [2.75, 3.05) is 24.6 Å². The molecule has 0 bridgehead atoms. The van der Waals surface area contributed by atoms with E-state index in [1.165, 1.54) is 0 Å². The van der Waals surface area contributed by atoms with Crippen LogP contribution < -0.4 is 16.4 Å². The summed E-state index contributed by atoms with van der Waals surface area (Å²) >= 11 is 0. The van der Waals surface area contributed by atoms with Crippen LogP contribution in [0.1, 0.15) is 91.8 Å².